The third-order valence-corrected chi connectivity index (χ3v) is 4.13. The van der Waals surface area contributed by atoms with E-state index in [1.54, 1.807) is 6.07 Å². The Morgan fingerprint density at radius 2 is 2.35 bits per heavy atom. The van der Waals surface area contributed by atoms with Crippen molar-refractivity contribution >= 4 is 11.6 Å². The van der Waals surface area contributed by atoms with E-state index in [2.05, 4.69) is 10.6 Å². The van der Waals surface area contributed by atoms with Crippen molar-refractivity contribution in [1.82, 2.24) is 5.32 Å². The first-order valence-corrected chi connectivity index (χ1v) is 7.21. The molecule has 2 unspecified atom stereocenters. The van der Waals surface area contributed by atoms with Crippen LogP contribution in [0.2, 0.25) is 0 Å². The maximum Gasteiger partial charge on any atom is 0.255 e. The summed E-state index contributed by atoms with van der Waals surface area (Å²) < 4.78 is 5.62. The molecular formula is C15H20N2O3. The van der Waals surface area contributed by atoms with Crippen molar-refractivity contribution in [2.45, 2.75) is 25.3 Å². The quantitative estimate of drug-likeness (QED) is 0.780. The van der Waals surface area contributed by atoms with Gasteiger partial charge in [-0.15, -0.1) is 0 Å². The number of rotatable bonds is 3. The molecule has 1 saturated carbocycles. The van der Waals surface area contributed by atoms with Crippen molar-refractivity contribution in [2.24, 2.45) is 5.92 Å². The molecule has 2 atom stereocenters. The van der Waals surface area contributed by atoms with Gasteiger partial charge in [0.2, 0.25) is 0 Å². The van der Waals surface area contributed by atoms with Crippen LogP contribution in [0.1, 0.15) is 29.6 Å². The molecule has 3 rings (SSSR count). The minimum atomic E-state index is -0.115. The van der Waals surface area contributed by atoms with Crippen molar-refractivity contribution in [3.63, 3.8) is 0 Å². The summed E-state index contributed by atoms with van der Waals surface area (Å²) >= 11 is 0. The number of fused-ring (bicyclic) bond motifs is 1. The lowest BCUT2D eigenvalue weighted by molar-refractivity contribution is 0.0912. The number of para-hydroxylation sites is 1. The largest absolute Gasteiger partial charge is 0.489 e. The summed E-state index contributed by atoms with van der Waals surface area (Å²) in [6, 6.07) is 5.62. The fourth-order valence-corrected chi connectivity index (χ4v) is 3.04. The van der Waals surface area contributed by atoms with E-state index in [1.165, 1.54) is 0 Å². The number of anilines is 1. The van der Waals surface area contributed by atoms with Gasteiger partial charge in [-0.2, -0.15) is 0 Å². The molecule has 5 heteroatoms. The monoisotopic (exact) mass is 276 g/mol. The Kier molecular flexibility index (Phi) is 3.78. The number of ether oxygens (including phenoxy) is 1. The third-order valence-electron chi connectivity index (χ3n) is 4.13. The van der Waals surface area contributed by atoms with Gasteiger partial charge in [0.15, 0.2) is 5.75 Å². The number of aliphatic hydroxyl groups excluding tert-OH is 1. The summed E-state index contributed by atoms with van der Waals surface area (Å²) in [5, 5.41) is 15.6. The van der Waals surface area contributed by atoms with Crippen LogP contribution in [-0.2, 0) is 0 Å². The minimum Gasteiger partial charge on any atom is -0.489 e. The Morgan fingerprint density at radius 1 is 1.45 bits per heavy atom. The lowest BCUT2D eigenvalue weighted by Gasteiger charge is -2.23. The van der Waals surface area contributed by atoms with Crippen LogP contribution in [0.25, 0.3) is 0 Å². The van der Waals surface area contributed by atoms with Crippen LogP contribution in [-0.4, -0.2) is 36.8 Å². The molecule has 0 spiro atoms. The summed E-state index contributed by atoms with van der Waals surface area (Å²) in [6.07, 6.45) is 2.97. The molecule has 3 N–H and O–H groups in total. The van der Waals surface area contributed by atoms with Crippen molar-refractivity contribution in [3.05, 3.63) is 23.8 Å². The second-order valence-corrected chi connectivity index (χ2v) is 5.41. The van der Waals surface area contributed by atoms with Gasteiger partial charge in [0.25, 0.3) is 5.91 Å². The van der Waals surface area contributed by atoms with E-state index < -0.39 is 0 Å². The van der Waals surface area contributed by atoms with Gasteiger partial charge in [0.1, 0.15) is 6.61 Å². The standard InChI is InChI=1S/C15H20N2O3/c18-9-10-3-1-5-12(10)17-15(19)11-4-2-6-13-14(11)20-8-7-16-13/h2,4,6,10,12,16,18H,1,3,5,7-9H2,(H,17,19). The Labute approximate surface area is 118 Å². The third kappa shape index (κ3) is 2.45. The van der Waals surface area contributed by atoms with Crippen LogP contribution in [0.15, 0.2) is 18.2 Å². The number of nitrogens with one attached hydrogen (secondary N) is 2. The first-order valence-electron chi connectivity index (χ1n) is 7.21. The molecule has 1 amide bonds. The number of benzene rings is 1. The predicted molar refractivity (Wildman–Crippen MR) is 76.1 cm³/mol. The Morgan fingerprint density at radius 3 is 3.20 bits per heavy atom. The second kappa shape index (κ2) is 5.71. The summed E-state index contributed by atoms with van der Waals surface area (Å²) in [5.41, 5.74) is 1.44. The lowest BCUT2D eigenvalue weighted by Crippen LogP contribution is -2.39. The molecule has 1 aromatic carbocycles. The van der Waals surface area contributed by atoms with E-state index >= 15 is 0 Å². The Bertz CT molecular complexity index is 504. The highest BCUT2D eigenvalue weighted by molar-refractivity contribution is 5.99. The van der Waals surface area contributed by atoms with Gasteiger partial charge in [-0.3, -0.25) is 4.79 Å². The summed E-state index contributed by atoms with van der Waals surface area (Å²) in [6.45, 7) is 1.46. The van der Waals surface area contributed by atoms with E-state index in [-0.39, 0.29) is 24.5 Å². The maximum absolute atomic E-state index is 12.4. The van der Waals surface area contributed by atoms with Crippen molar-refractivity contribution in [2.75, 3.05) is 25.1 Å². The number of carbonyl (C=O) groups is 1. The minimum absolute atomic E-state index is 0.0694. The average molecular weight is 276 g/mol. The van der Waals surface area contributed by atoms with E-state index in [1.807, 2.05) is 12.1 Å². The molecular weight excluding hydrogens is 256 g/mol. The molecule has 1 aliphatic carbocycles. The number of carbonyl (C=O) groups excluding carboxylic acids is 1. The molecule has 2 aliphatic rings. The SMILES string of the molecule is O=C(NC1CCCC1CO)c1cccc2c1OCCN2. The molecule has 0 aromatic heterocycles. The van der Waals surface area contributed by atoms with E-state index in [9.17, 15) is 9.90 Å². The average Bonchev–Trinajstić information content (AvgIpc) is 2.93. The molecule has 0 bridgehead atoms. The van der Waals surface area contributed by atoms with Gasteiger partial charge in [0.05, 0.1) is 11.3 Å². The highest BCUT2D eigenvalue weighted by Gasteiger charge is 2.29. The summed E-state index contributed by atoms with van der Waals surface area (Å²) in [5.74, 6) is 0.697. The highest BCUT2D eigenvalue weighted by Crippen LogP contribution is 2.32. The highest BCUT2D eigenvalue weighted by atomic mass is 16.5. The van der Waals surface area contributed by atoms with Gasteiger partial charge < -0.3 is 20.5 Å². The Balaban J connectivity index is 1.77. The molecule has 1 fully saturated rings. The molecule has 0 radical (unpaired) electrons. The predicted octanol–water partition coefficient (Wildman–Crippen LogP) is 1.38. The Hall–Kier alpha value is -1.75. The number of amides is 1. The van der Waals surface area contributed by atoms with Gasteiger partial charge in [-0.05, 0) is 25.0 Å². The zero-order valence-electron chi connectivity index (χ0n) is 11.4. The van der Waals surface area contributed by atoms with Crippen molar-refractivity contribution in [1.29, 1.82) is 0 Å². The normalized spacial score (nSPS) is 24.4. The molecule has 1 heterocycles. The smallest absolute Gasteiger partial charge is 0.255 e. The first kappa shape index (κ1) is 13.2. The maximum atomic E-state index is 12.4. The number of hydrogen-bond acceptors (Lipinski definition) is 4. The van der Waals surface area contributed by atoms with Crippen LogP contribution >= 0.6 is 0 Å². The molecule has 5 nitrogen and oxygen atoms in total. The van der Waals surface area contributed by atoms with Gasteiger partial charge in [-0.1, -0.05) is 12.5 Å². The molecule has 20 heavy (non-hydrogen) atoms. The van der Waals surface area contributed by atoms with E-state index in [0.717, 1.165) is 31.5 Å². The second-order valence-electron chi connectivity index (χ2n) is 5.41. The van der Waals surface area contributed by atoms with Gasteiger partial charge in [-0.25, -0.2) is 0 Å². The van der Waals surface area contributed by atoms with Crippen LogP contribution < -0.4 is 15.4 Å². The fraction of sp³-hybridized carbons (Fsp3) is 0.533. The molecule has 1 aromatic rings. The zero-order valence-corrected chi connectivity index (χ0v) is 11.4. The number of hydrogen-bond donors (Lipinski definition) is 3. The summed E-state index contributed by atoms with van der Waals surface area (Å²) in [7, 11) is 0. The van der Waals surface area contributed by atoms with Gasteiger partial charge in [0, 0.05) is 25.1 Å². The van der Waals surface area contributed by atoms with E-state index in [0.29, 0.717) is 17.9 Å². The topological polar surface area (TPSA) is 70.6 Å². The zero-order chi connectivity index (χ0) is 13.9. The van der Waals surface area contributed by atoms with Crippen molar-refractivity contribution in [3.8, 4) is 5.75 Å². The van der Waals surface area contributed by atoms with E-state index in [4.69, 9.17) is 4.74 Å². The molecule has 0 saturated heterocycles. The number of aliphatic hydroxyl groups is 1. The van der Waals surface area contributed by atoms with Crippen LogP contribution in [0.4, 0.5) is 5.69 Å². The fourth-order valence-electron chi connectivity index (χ4n) is 3.04. The molecule has 1 aliphatic heterocycles. The molecule has 108 valence electrons. The van der Waals surface area contributed by atoms with Crippen LogP contribution in [0.5, 0.6) is 5.75 Å². The van der Waals surface area contributed by atoms with Crippen molar-refractivity contribution < 1.29 is 14.6 Å². The van der Waals surface area contributed by atoms with Crippen LogP contribution in [0, 0.1) is 5.92 Å². The van der Waals surface area contributed by atoms with Gasteiger partial charge >= 0.3 is 0 Å². The summed E-state index contributed by atoms with van der Waals surface area (Å²) in [4.78, 5) is 12.4. The lowest BCUT2D eigenvalue weighted by atomic mass is 10.0. The first-order chi connectivity index (χ1) is 9.79. The van der Waals surface area contributed by atoms with Crippen LogP contribution in [0.3, 0.4) is 0 Å².